The van der Waals surface area contributed by atoms with Crippen molar-refractivity contribution in [3.8, 4) is 0 Å². The van der Waals surface area contributed by atoms with Crippen molar-refractivity contribution in [3.05, 3.63) is 42.1 Å². The highest BCUT2D eigenvalue weighted by Gasteiger charge is 2.19. The van der Waals surface area contributed by atoms with Crippen molar-refractivity contribution < 1.29 is 0 Å². The minimum absolute atomic E-state index is 0.415. The zero-order valence-electron chi connectivity index (χ0n) is 12.2. The summed E-state index contributed by atoms with van der Waals surface area (Å²) in [7, 11) is 0. The van der Waals surface area contributed by atoms with E-state index >= 15 is 0 Å². The Bertz CT molecular complexity index is 516. The SMILES string of the molecule is CCCC(C)C(NCC)c1ccnc2ccccc12. The van der Waals surface area contributed by atoms with Crippen molar-refractivity contribution in [2.45, 2.75) is 39.7 Å². The van der Waals surface area contributed by atoms with Crippen molar-refractivity contribution in [1.29, 1.82) is 0 Å². The molecular weight excluding hydrogens is 232 g/mol. The van der Waals surface area contributed by atoms with E-state index in [4.69, 9.17) is 0 Å². The summed E-state index contributed by atoms with van der Waals surface area (Å²) < 4.78 is 0. The van der Waals surface area contributed by atoms with Crippen molar-refractivity contribution in [2.24, 2.45) is 5.92 Å². The number of hydrogen-bond acceptors (Lipinski definition) is 2. The lowest BCUT2D eigenvalue weighted by Gasteiger charge is -2.26. The molecule has 2 rings (SSSR count). The van der Waals surface area contributed by atoms with Crippen LogP contribution in [0.1, 0.15) is 45.2 Å². The molecule has 2 nitrogen and oxygen atoms in total. The van der Waals surface area contributed by atoms with E-state index in [-0.39, 0.29) is 0 Å². The van der Waals surface area contributed by atoms with Crippen LogP contribution in [0.4, 0.5) is 0 Å². The fraction of sp³-hybridized carbons (Fsp3) is 0.471. The van der Waals surface area contributed by atoms with Crippen LogP contribution in [-0.4, -0.2) is 11.5 Å². The number of aromatic nitrogens is 1. The minimum Gasteiger partial charge on any atom is -0.310 e. The molecule has 0 amide bonds. The van der Waals surface area contributed by atoms with Gasteiger partial charge in [-0.2, -0.15) is 0 Å². The Morgan fingerprint density at radius 3 is 2.68 bits per heavy atom. The molecule has 0 fully saturated rings. The highest BCUT2D eigenvalue weighted by atomic mass is 14.9. The highest BCUT2D eigenvalue weighted by molar-refractivity contribution is 5.82. The second-order valence-corrected chi connectivity index (χ2v) is 5.22. The monoisotopic (exact) mass is 256 g/mol. The number of hydrogen-bond donors (Lipinski definition) is 1. The lowest BCUT2D eigenvalue weighted by atomic mass is 9.89. The summed E-state index contributed by atoms with van der Waals surface area (Å²) >= 11 is 0. The van der Waals surface area contributed by atoms with Crippen molar-refractivity contribution in [1.82, 2.24) is 10.3 Å². The van der Waals surface area contributed by atoms with Crippen LogP contribution in [0, 0.1) is 5.92 Å². The summed E-state index contributed by atoms with van der Waals surface area (Å²) in [5.41, 5.74) is 2.47. The van der Waals surface area contributed by atoms with Gasteiger partial charge in [0.15, 0.2) is 0 Å². The number of pyridine rings is 1. The molecule has 0 radical (unpaired) electrons. The number of benzene rings is 1. The molecule has 1 aromatic heterocycles. The molecule has 0 aliphatic rings. The average molecular weight is 256 g/mol. The summed E-state index contributed by atoms with van der Waals surface area (Å²) in [6.07, 6.45) is 4.40. The van der Waals surface area contributed by atoms with Gasteiger partial charge in [0.2, 0.25) is 0 Å². The molecule has 0 saturated carbocycles. The van der Waals surface area contributed by atoms with Gasteiger partial charge in [-0.3, -0.25) is 4.98 Å². The lowest BCUT2D eigenvalue weighted by Crippen LogP contribution is -2.27. The molecule has 19 heavy (non-hydrogen) atoms. The van der Waals surface area contributed by atoms with Crippen molar-refractivity contribution >= 4 is 10.9 Å². The van der Waals surface area contributed by atoms with Crippen LogP contribution in [-0.2, 0) is 0 Å². The van der Waals surface area contributed by atoms with Gasteiger partial charge in [0.1, 0.15) is 0 Å². The smallest absolute Gasteiger partial charge is 0.0705 e. The first-order valence-corrected chi connectivity index (χ1v) is 7.35. The standard InChI is InChI=1S/C17H24N2/c1-4-8-13(3)17(18-5-2)15-11-12-19-16-10-7-6-9-14(15)16/h6-7,9-13,17-18H,4-5,8H2,1-3H3. The van der Waals surface area contributed by atoms with Gasteiger partial charge in [0.25, 0.3) is 0 Å². The number of nitrogens with zero attached hydrogens (tertiary/aromatic N) is 1. The van der Waals surface area contributed by atoms with Crippen molar-refractivity contribution in [3.63, 3.8) is 0 Å². The summed E-state index contributed by atoms with van der Waals surface area (Å²) in [6, 6.07) is 11.0. The van der Waals surface area contributed by atoms with Gasteiger partial charge >= 0.3 is 0 Å². The number of rotatable bonds is 6. The van der Waals surface area contributed by atoms with E-state index in [0.29, 0.717) is 12.0 Å². The van der Waals surface area contributed by atoms with E-state index in [2.05, 4.69) is 61.4 Å². The summed E-state index contributed by atoms with van der Waals surface area (Å²) in [5.74, 6) is 0.635. The molecule has 102 valence electrons. The molecular formula is C17H24N2. The number of para-hydroxylation sites is 1. The van der Waals surface area contributed by atoms with Crippen LogP contribution in [0.3, 0.4) is 0 Å². The Morgan fingerprint density at radius 1 is 1.16 bits per heavy atom. The van der Waals surface area contributed by atoms with E-state index in [1.165, 1.54) is 23.8 Å². The Hall–Kier alpha value is -1.41. The zero-order chi connectivity index (χ0) is 13.7. The zero-order valence-corrected chi connectivity index (χ0v) is 12.2. The van der Waals surface area contributed by atoms with Crippen LogP contribution in [0.5, 0.6) is 0 Å². The van der Waals surface area contributed by atoms with Crippen LogP contribution in [0.2, 0.25) is 0 Å². The van der Waals surface area contributed by atoms with E-state index < -0.39 is 0 Å². The predicted molar refractivity (Wildman–Crippen MR) is 82.2 cm³/mol. The predicted octanol–water partition coefficient (Wildman–Crippen LogP) is 4.32. The van der Waals surface area contributed by atoms with Gasteiger partial charge in [-0.25, -0.2) is 0 Å². The Labute approximate surface area is 116 Å². The molecule has 0 aliphatic heterocycles. The summed E-state index contributed by atoms with van der Waals surface area (Å²) in [6.45, 7) is 7.76. The van der Waals surface area contributed by atoms with Gasteiger partial charge in [0.05, 0.1) is 5.52 Å². The van der Waals surface area contributed by atoms with E-state index in [1.807, 2.05) is 6.20 Å². The fourth-order valence-electron chi connectivity index (χ4n) is 2.85. The maximum atomic E-state index is 4.46. The van der Waals surface area contributed by atoms with Gasteiger partial charge in [-0.1, -0.05) is 45.4 Å². The minimum atomic E-state index is 0.415. The average Bonchev–Trinajstić information content (AvgIpc) is 2.44. The summed E-state index contributed by atoms with van der Waals surface area (Å²) in [4.78, 5) is 4.46. The number of fused-ring (bicyclic) bond motifs is 1. The third-order valence-electron chi connectivity index (χ3n) is 3.75. The first kappa shape index (κ1) is 14.0. The lowest BCUT2D eigenvalue weighted by molar-refractivity contribution is 0.371. The van der Waals surface area contributed by atoms with Crippen LogP contribution < -0.4 is 5.32 Å². The summed E-state index contributed by atoms with van der Waals surface area (Å²) in [5, 5.41) is 4.92. The molecule has 0 bridgehead atoms. The second kappa shape index (κ2) is 6.67. The molecule has 2 unspecified atom stereocenters. The maximum absolute atomic E-state index is 4.46. The molecule has 1 N–H and O–H groups in total. The van der Waals surface area contributed by atoms with Gasteiger partial charge in [0, 0.05) is 17.6 Å². The van der Waals surface area contributed by atoms with E-state index in [9.17, 15) is 0 Å². The van der Waals surface area contributed by atoms with E-state index in [0.717, 1.165) is 12.1 Å². The molecule has 0 spiro atoms. The first-order chi connectivity index (χ1) is 9.27. The molecule has 1 heterocycles. The largest absolute Gasteiger partial charge is 0.310 e. The molecule has 2 heteroatoms. The van der Waals surface area contributed by atoms with Crippen LogP contribution >= 0.6 is 0 Å². The third kappa shape index (κ3) is 3.13. The van der Waals surface area contributed by atoms with Crippen LogP contribution in [0.25, 0.3) is 10.9 Å². The van der Waals surface area contributed by atoms with Gasteiger partial charge in [-0.05, 0) is 36.6 Å². The first-order valence-electron chi connectivity index (χ1n) is 7.35. The molecule has 2 aromatic rings. The molecule has 2 atom stereocenters. The van der Waals surface area contributed by atoms with Gasteiger partial charge < -0.3 is 5.32 Å². The molecule has 1 aromatic carbocycles. The van der Waals surface area contributed by atoms with E-state index in [1.54, 1.807) is 0 Å². The molecule has 0 saturated heterocycles. The quantitative estimate of drug-likeness (QED) is 0.832. The Morgan fingerprint density at radius 2 is 1.95 bits per heavy atom. The second-order valence-electron chi connectivity index (χ2n) is 5.22. The normalized spacial score (nSPS) is 14.5. The fourth-order valence-corrected chi connectivity index (χ4v) is 2.85. The highest BCUT2D eigenvalue weighted by Crippen LogP contribution is 2.30. The maximum Gasteiger partial charge on any atom is 0.0705 e. The third-order valence-corrected chi connectivity index (χ3v) is 3.75. The topological polar surface area (TPSA) is 24.9 Å². The van der Waals surface area contributed by atoms with Gasteiger partial charge in [-0.15, -0.1) is 0 Å². The van der Waals surface area contributed by atoms with Crippen molar-refractivity contribution in [2.75, 3.05) is 6.54 Å². The van der Waals surface area contributed by atoms with Crippen LogP contribution in [0.15, 0.2) is 36.5 Å². The Kier molecular flexibility index (Phi) is 4.92. The number of nitrogens with one attached hydrogen (secondary N) is 1. The molecule has 0 aliphatic carbocycles. The Balaban J connectivity index is 2.43.